The van der Waals surface area contributed by atoms with Gasteiger partial charge in [0.25, 0.3) is 0 Å². The van der Waals surface area contributed by atoms with Crippen LogP contribution in [-0.4, -0.2) is 24.8 Å². The minimum Gasteiger partial charge on any atom is -0.263 e. The van der Waals surface area contributed by atoms with Crippen molar-refractivity contribution in [1.29, 1.82) is 0 Å². The number of benzene rings is 1. The summed E-state index contributed by atoms with van der Waals surface area (Å²) in [5.41, 5.74) is 2.03. The molecule has 1 aromatic carbocycles. The molecule has 114 valence electrons. The molecule has 0 spiro atoms. The Balaban J connectivity index is 1.70. The highest BCUT2D eigenvalue weighted by Gasteiger charge is 2.14. The van der Waals surface area contributed by atoms with Gasteiger partial charge in [-0.3, -0.25) is 4.98 Å². The van der Waals surface area contributed by atoms with E-state index in [-0.39, 0.29) is 0 Å². The molecule has 0 amide bonds. The summed E-state index contributed by atoms with van der Waals surface area (Å²) < 4.78 is 2.66. The Labute approximate surface area is 149 Å². The lowest BCUT2D eigenvalue weighted by atomic mass is 10.2. The average Bonchev–Trinajstić information content (AvgIpc) is 3.09. The van der Waals surface area contributed by atoms with Gasteiger partial charge in [-0.2, -0.15) is 9.61 Å². The van der Waals surface area contributed by atoms with Crippen molar-refractivity contribution in [3.05, 3.63) is 62.8 Å². The van der Waals surface area contributed by atoms with Gasteiger partial charge in [-0.25, -0.2) is 0 Å². The summed E-state index contributed by atoms with van der Waals surface area (Å²) in [6.45, 7) is 0. The predicted octanol–water partition coefficient (Wildman–Crippen LogP) is 4.25. The molecular formula is C15H9BrClN5S. The molecule has 0 fully saturated rings. The fraction of sp³-hybridized carbons (Fsp3) is 0.0667. The summed E-state index contributed by atoms with van der Waals surface area (Å²) in [5, 5.41) is 14.8. The third-order valence-corrected chi connectivity index (χ3v) is 4.85. The second-order valence-electron chi connectivity index (χ2n) is 4.91. The van der Waals surface area contributed by atoms with Gasteiger partial charge in [-0.15, -0.1) is 10.2 Å². The van der Waals surface area contributed by atoms with E-state index < -0.39 is 0 Å². The zero-order valence-electron chi connectivity index (χ0n) is 11.6. The molecule has 5 nitrogen and oxygen atoms in total. The third kappa shape index (κ3) is 2.99. The Morgan fingerprint density at radius 2 is 1.96 bits per heavy atom. The van der Waals surface area contributed by atoms with Gasteiger partial charge in [0.1, 0.15) is 5.01 Å². The van der Waals surface area contributed by atoms with E-state index in [2.05, 4.69) is 36.2 Å². The van der Waals surface area contributed by atoms with Gasteiger partial charge >= 0.3 is 0 Å². The van der Waals surface area contributed by atoms with E-state index >= 15 is 0 Å². The normalized spacial score (nSPS) is 11.2. The highest BCUT2D eigenvalue weighted by molar-refractivity contribution is 9.10. The van der Waals surface area contributed by atoms with Crippen LogP contribution in [0.4, 0.5) is 0 Å². The summed E-state index contributed by atoms with van der Waals surface area (Å²) in [6, 6.07) is 9.72. The van der Waals surface area contributed by atoms with Crippen LogP contribution in [0.1, 0.15) is 10.6 Å². The predicted molar refractivity (Wildman–Crippen MR) is 93.8 cm³/mol. The molecule has 0 radical (unpaired) electrons. The van der Waals surface area contributed by atoms with Gasteiger partial charge < -0.3 is 0 Å². The lowest BCUT2D eigenvalue weighted by Gasteiger charge is -1.98. The van der Waals surface area contributed by atoms with Crippen LogP contribution >= 0.6 is 38.9 Å². The van der Waals surface area contributed by atoms with Gasteiger partial charge in [0.05, 0.1) is 0 Å². The van der Waals surface area contributed by atoms with Crippen LogP contribution in [0.3, 0.4) is 0 Å². The second-order valence-corrected chi connectivity index (χ2v) is 7.30. The number of fused-ring (bicyclic) bond motifs is 1. The largest absolute Gasteiger partial charge is 0.263 e. The Morgan fingerprint density at radius 1 is 1.13 bits per heavy atom. The van der Waals surface area contributed by atoms with Crippen LogP contribution in [-0.2, 0) is 6.42 Å². The van der Waals surface area contributed by atoms with Crippen molar-refractivity contribution in [2.45, 2.75) is 6.42 Å². The molecule has 8 heteroatoms. The van der Waals surface area contributed by atoms with Gasteiger partial charge in [0.2, 0.25) is 4.96 Å². The maximum Gasteiger partial charge on any atom is 0.234 e. The lowest BCUT2D eigenvalue weighted by Crippen LogP contribution is -1.94. The van der Waals surface area contributed by atoms with E-state index in [0.29, 0.717) is 5.82 Å². The molecule has 0 unspecified atom stereocenters. The third-order valence-electron chi connectivity index (χ3n) is 3.26. The van der Waals surface area contributed by atoms with Crippen LogP contribution in [0.25, 0.3) is 16.3 Å². The van der Waals surface area contributed by atoms with Crippen molar-refractivity contribution in [1.82, 2.24) is 24.8 Å². The molecule has 3 heterocycles. The minimum atomic E-state index is 0.687. The maximum absolute atomic E-state index is 5.92. The molecule has 0 aliphatic carbocycles. The molecule has 4 rings (SSSR count). The van der Waals surface area contributed by atoms with E-state index in [4.69, 9.17) is 11.6 Å². The number of aromatic nitrogens is 5. The van der Waals surface area contributed by atoms with Crippen molar-refractivity contribution in [2.24, 2.45) is 0 Å². The first-order chi connectivity index (χ1) is 11.2. The monoisotopic (exact) mass is 405 g/mol. The molecule has 0 N–H and O–H groups in total. The highest BCUT2D eigenvalue weighted by atomic mass is 79.9. The molecule has 0 saturated heterocycles. The molecule has 0 saturated carbocycles. The summed E-state index contributed by atoms with van der Waals surface area (Å²) in [7, 11) is 0. The zero-order valence-corrected chi connectivity index (χ0v) is 14.8. The average molecular weight is 407 g/mol. The van der Waals surface area contributed by atoms with Crippen molar-refractivity contribution in [2.75, 3.05) is 0 Å². The fourth-order valence-electron chi connectivity index (χ4n) is 2.22. The van der Waals surface area contributed by atoms with Crippen LogP contribution in [0.5, 0.6) is 0 Å². The van der Waals surface area contributed by atoms with E-state index in [1.165, 1.54) is 11.3 Å². The quantitative estimate of drug-likeness (QED) is 0.510. The Bertz CT molecular complexity index is 979. The number of hydrogen-bond donors (Lipinski definition) is 0. The number of halogens is 2. The van der Waals surface area contributed by atoms with Gasteiger partial charge in [-0.05, 0) is 39.7 Å². The molecule has 23 heavy (non-hydrogen) atoms. The maximum atomic E-state index is 5.92. The molecule has 3 aromatic heterocycles. The number of pyridine rings is 1. The van der Waals surface area contributed by atoms with Crippen molar-refractivity contribution >= 4 is 43.8 Å². The Kier molecular flexibility index (Phi) is 3.84. The topological polar surface area (TPSA) is 56.0 Å². The zero-order chi connectivity index (χ0) is 15.8. The molecule has 0 atom stereocenters. The van der Waals surface area contributed by atoms with Crippen molar-refractivity contribution < 1.29 is 0 Å². The SMILES string of the molecule is Clc1ccc(Cc2nn3c(-c4cncc(Br)c4)nnc3s2)cc1. The number of nitrogens with zero attached hydrogens (tertiary/aromatic N) is 5. The van der Waals surface area contributed by atoms with Gasteiger partial charge in [0, 0.05) is 33.9 Å². The van der Waals surface area contributed by atoms with Crippen molar-refractivity contribution in [3.63, 3.8) is 0 Å². The lowest BCUT2D eigenvalue weighted by molar-refractivity contribution is 0.916. The minimum absolute atomic E-state index is 0.687. The smallest absolute Gasteiger partial charge is 0.234 e. The van der Waals surface area contributed by atoms with Gasteiger partial charge in [-0.1, -0.05) is 35.1 Å². The van der Waals surface area contributed by atoms with Crippen LogP contribution in [0.15, 0.2) is 47.2 Å². The van der Waals surface area contributed by atoms with E-state index in [0.717, 1.165) is 37.0 Å². The van der Waals surface area contributed by atoms with Crippen molar-refractivity contribution in [3.8, 4) is 11.4 Å². The number of rotatable bonds is 3. The Morgan fingerprint density at radius 3 is 2.74 bits per heavy atom. The first-order valence-corrected chi connectivity index (χ1v) is 8.74. The highest BCUT2D eigenvalue weighted by Crippen LogP contribution is 2.24. The fourth-order valence-corrected chi connectivity index (χ4v) is 3.58. The van der Waals surface area contributed by atoms with E-state index in [1.54, 1.807) is 16.9 Å². The standard InChI is InChI=1S/C15H9BrClN5S/c16-11-6-10(7-18-8-11)14-19-20-15-22(14)21-13(23-15)5-9-1-3-12(17)4-2-9/h1-4,6-8H,5H2. The summed E-state index contributed by atoms with van der Waals surface area (Å²) in [6.07, 6.45) is 4.22. The number of hydrogen-bond acceptors (Lipinski definition) is 5. The van der Waals surface area contributed by atoms with Crippen LogP contribution < -0.4 is 0 Å². The first kappa shape index (κ1) is 14.7. The van der Waals surface area contributed by atoms with E-state index in [1.807, 2.05) is 30.3 Å². The molecule has 0 aliphatic rings. The van der Waals surface area contributed by atoms with Crippen LogP contribution in [0, 0.1) is 0 Å². The summed E-state index contributed by atoms with van der Waals surface area (Å²) >= 11 is 10.9. The van der Waals surface area contributed by atoms with Gasteiger partial charge in [0.15, 0.2) is 5.82 Å². The summed E-state index contributed by atoms with van der Waals surface area (Å²) in [5.74, 6) is 0.687. The Hall–Kier alpha value is -1.83. The first-order valence-electron chi connectivity index (χ1n) is 6.75. The molecule has 4 aromatic rings. The van der Waals surface area contributed by atoms with Crippen LogP contribution in [0.2, 0.25) is 5.02 Å². The second kappa shape index (κ2) is 5.99. The van der Waals surface area contributed by atoms with E-state index in [9.17, 15) is 0 Å². The molecule has 0 bridgehead atoms. The summed E-state index contributed by atoms with van der Waals surface area (Å²) in [4.78, 5) is 4.93. The molecule has 0 aliphatic heterocycles. The molecular weight excluding hydrogens is 398 g/mol.